The Labute approximate surface area is 130 Å². The molecule has 1 saturated heterocycles. The third-order valence-electron chi connectivity index (χ3n) is 4.01. The fourth-order valence-electron chi connectivity index (χ4n) is 2.91. The van der Waals surface area contributed by atoms with Crippen LogP contribution in [0.1, 0.15) is 30.0 Å². The van der Waals surface area contributed by atoms with Crippen LogP contribution in [0.5, 0.6) is 0 Å². The third-order valence-corrected chi connectivity index (χ3v) is 4.01. The zero-order valence-electron chi connectivity index (χ0n) is 11.7. The third kappa shape index (κ3) is 3.54. The first kappa shape index (κ1) is 15.8. The molecule has 0 aliphatic carbocycles. The molecule has 1 aromatic rings. The Bertz CT molecular complexity index is 535. The van der Waals surface area contributed by atoms with Crippen molar-refractivity contribution in [3.05, 3.63) is 35.4 Å². The molecule has 3 N–H and O–H groups in total. The van der Waals surface area contributed by atoms with Crippen molar-refractivity contribution in [2.75, 3.05) is 13.1 Å². The molecule has 2 atom stereocenters. The van der Waals surface area contributed by atoms with Crippen LogP contribution in [0.4, 0.5) is 0 Å². The normalized spacial score (nSPS) is 23.7. The molecule has 2 aliphatic rings. The van der Waals surface area contributed by atoms with Crippen LogP contribution in [0.2, 0.25) is 0 Å². The number of hydrogen-bond donors (Lipinski definition) is 3. The zero-order chi connectivity index (χ0) is 13.9. The Morgan fingerprint density at radius 1 is 1.29 bits per heavy atom. The van der Waals surface area contributed by atoms with Crippen LogP contribution >= 0.6 is 12.4 Å². The van der Waals surface area contributed by atoms with E-state index in [1.54, 1.807) is 0 Å². The maximum atomic E-state index is 12.0. The van der Waals surface area contributed by atoms with Crippen LogP contribution < -0.4 is 16.0 Å². The van der Waals surface area contributed by atoms with E-state index in [-0.39, 0.29) is 36.3 Å². The van der Waals surface area contributed by atoms with Gasteiger partial charge in [0, 0.05) is 19.0 Å². The summed E-state index contributed by atoms with van der Waals surface area (Å²) < 4.78 is 0. The molecule has 0 spiro atoms. The van der Waals surface area contributed by atoms with Crippen molar-refractivity contribution in [1.82, 2.24) is 16.0 Å². The van der Waals surface area contributed by atoms with Gasteiger partial charge in [0.25, 0.3) is 0 Å². The summed E-state index contributed by atoms with van der Waals surface area (Å²) >= 11 is 0. The first-order chi connectivity index (χ1) is 9.74. The molecule has 1 unspecified atom stereocenters. The van der Waals surface area contributed by atoms with Crippen molar-refractivity contribution < 1.29 is 9.59 Å². The quantitative estimate of drug-likeness (QED) is 0.769. The van der Waals surface area contributed by atoms with E-state index < -0.39 is 0 Å². The average molecular weight is 310 g/mol. The van der Waals surface area contributed by atoms with E-state index in [4.69, 9.17) is 0 Å². The standard InChI is InChI=1S/C15H19N3O2.ClH/c19-14-6-5-12(18-14)15(20)17-9-13-11-4-2-1-3-10(11)7-8-16-13;/h1-4,12-13,16H,5-9H2,(H,17,20)(H,18,19);1H/t12-,13?;/m0./s1. The van der Waals surface area contributed by atoms with E-state index in [0.717, 1.165) is 13.0 Å². The number of halogens is 1. The van der Waals surface area contributed by atoms with Gasteiger partial charge < -0.3 is 16.0 Å². The molecule has 0 saturated carbocycles. The van der Waals surface area contributed by atoms with Crippen molar-refractivity contribution in [1.29, 1.82) is 0 Å². The number of nitrogens with one attached hydrogen (secondary N) is 3. The molecule has 6 heteroatoms. The number of carbonyl (C=O) groups excluding carboxylic acids is 2. The summed E-state index contributed by atoms with van der Waals surface area (Å²) in [7, 11) is 0. The lowest BCUT2D eigenvalue weighted by molar-refractivity contribution is -0.125. The van der Waals surface area contributed by atoms with Gasteiger partial charge in [-0.2, -0.15) is 0 Å². The highest BCUT2D eigenvalue weighted by Gasteiger charge is 2.28. The molecule has 1 aromatic carbocycles. The Balaban J connectivity index is 0.00000161. The summed E-state index contributed by atoms with van der Waals surface area (Å²) in [5.41, 5.74) is 2.61. The van der Waals surface area contributed by atoms with E-state index in [0.29, 0.717) is 19.4 Å². The highest BCUT2D eigenvalue weighted by atomic mass is 35.5. The molecule has 114 valence electrons. The summed E-state index contributed by atoms with van der Waals surface area (Å²) in [6.45, 7) is 1.49. The number of hydrogen-bond acceptors (Lipinski definition) is 3. The molecule has 0 aromatic heterocycles. The molecular weight excluding hydrogens is 290 g/mol. The van der Waals surface area contributed by atoms with Gasteiger partial charge in [-0.05, 0) is 30.5 Å². The summed E-state index contributed by atoms with van der Waals surface area (Å²) in [5, 5.41) is 9.06. The van der Waals surface area contributed by atoms with Gasteiger partial charge in [0.1, 0.15) is 6.04 Å². The van der Waals surface area contributed by atoms with Gasteiger partial charge in [-0.3, -0.25) is 9.59 Å². The van der Waals surface area contributed by atoms with Crippen LogP contribution in [-0.2, 0) is 16.0 Å². The maximum Gasteiger partial charge on any atom is 0.242 e. The first-order valence-corrected chi connectivity index (χ1v) is 7.12. The number of benzene rings is 1. The zero-order valence-corrected chi connectivity index (χ0v) is 12.5. The lowest BCUT2D eigenvalue weighted by Gasteiger charge is -2.27. The van der Waals surface area contributed by atoms with Crippen LogP contribution in [0, 0.1) is 0 Å². The Morgan fingerprint density at radius 2 is 2.10 bits per heavy atom. The molecule has 1 fully saturated rings. The molecule has 2 amide bonds. The fraction of sp³-hybridized carbons (Fsp3) is 0.467. The molecule has 21 heavy (non-hydrogen) atoms. The number of fused-ring (bicyclic) bond motifs is 1. The lowest BCUT2D eigenvalue weighted by atomic mass is 9.94. The van der Waals surface area contributed by atoms with E-state index in [1.165, 1.54) is 11.1 Å². The van der Waals surface area contributed by atoms with Gasteiger partial charge in [0.05, 0.1) is 0 Å². The number of rotatable bonds is 3. The van der Waals surface area contributed by atoms with Gasteiger partial charge >= 0.3 is 0 Å². The highest BCUT2D eigenvalue weighted by Crippen LogP contribution is 2.21. The van der Waals surface area contributed by atoms with Crippen molar-refractivity contribution in [2.45, 2.75) is 31.3 Å². The van der Waals surface area contributed by atoms with Crippen LogP contribution in [0.25, 0.3) is 0 Å². The topological polar surface area (TPSA) is 70.2 Å². The Morgan fingerprint density at radius 3 is 2.86 bits per heavy atom. The van der Waals surface area contributed by atoms with Gasteiger partial charge in [-0.1, -0.05) is 24.3 Å². The maximum absolute atomic E-state index is 12.0. The van der Waals surface area contributed by atoms with E-state index >= 15 is 0 Å². The number of carbonyl (C=O) groups is 2. The van der Waals surface area contributed by atoms with Crippen molar-refractivity contribution in [3.8, 4) is 0 Å². The second kappa shape index (κ2) is 6.91. The molecule has 0 radical (unpaired) electrons. The van der Waals surface area contributed by atoms with E-state index in [2.05, 4.69) is 28.1 Å². The molecule has 2 heterocycles. The van der Waals surface area contributed by atoms with Crippen LogP contribution in [-0.4, -0.2) is 30.9 Å². The summed E-state index contributed by atoms with van der Waals surface area (Å²) in [4.78, 5) is 23.1. The van der Waals surface area contributed by atoms with Gasteiger partial charge in [0.15, 0.2) is 0 Å². The molecular formula is C15H20ClN3O2. The predicted octanol–water partition coefficient (Wildman–Crippen LogP) is 0.690. The van der Waals surface area contributed by atoms with Crippen LogP contribution in [0.15, 0.2) is 24.3 Å². The summed E-state index contributed by atoms with van der Waals surface area (Å²) in [6, 6.07) is 8.12. The monoisotopic (exact) mass is 309 g/mol. The largest absolute Gasteiger partial charge is 0.352 e. The lowest BCUT2D eigenvalue weighted by Crippen LogP contribution is -2.45. The first-order valence-electron chi connectivity index (χ1n) is 7.12. The van der Waals surface area contributed by atoms with Crippen LogP contribution in [0.3, 0.4) is 0 Å². The fourth-order valence-corrected chi connectivity index (χ4v) is 2.91. The van der Waals surface area contributed by atoms with Gasteiger partial charge in [0.2, 0.25) is 11.8 Å². The second-order valence-corrected chi connectivity index (χ2v) is 5.36. The minimum absolute atomic E-state index is 0. The SMILES string of the molecule is Cl.O=C1CC[C@@H](C(=O)NCC2NCCc3ccccc32)N1. The van der Waals surface area contributed by atoms with E-state index in [1.807, 2.05) is 12.1 Å². The molecule has 3 rings (SSSR count). The Kier molecular flexibility index (Phi) is 5.20. The van der Waals surface area contributed by atoms with E-state index in [9.17, 15) is 9.59 Å². The highest BCUT2D eigenvalue weighted by molar-refractivity contribution is 5.90. The minimum atomic E-state index is -0.360. The second-order valence-electron chi connectivity index (χ2n) is 5.36. The molecule has 2 aliphatic heterocycles. The van der Waals surface area contributed by atoms with Gasteiger partial charge in [-0.25, -0.2) is 0 Å². The van der Waals surface area contributed by atoms with Crippen molar-refractivity contribution in [3.63, 3.8) is 0 Å². The Hall–Kier alpha value is -1.59. The summed E-state index contributed by atoms with van der Waals surface area (Å²) in [5.74, 6) is -0.119. The van der Waals surface area contributed by atoms with Gasteiger partial charge in [-0.15, -0.1) is 12.4 Å². The summed E-state index contributed by atoms with van der Waals surface area (Å²) in [6.07, 6.45) is 2.07. The minimum Gasteiger partial charge on any atom is -0.352 e. The molecule has 0 bridgehead atoms. The smallest absolute Gasteiger partial charge is 0.242 e. The number of amides is 2. The van der Waals surface area contributed by atoms with Crippen molar-refractivity contribution in [2.24, 2.45) is 0 Å². The average Bonchev–Trinajstić information content (AvgIpc) is 2.91. The molecule has 5 nitrogen and oxygen atoms in total. The predicted molar refractivity (Wildman–Crippen MR) is 82.3 cm³/mol. The van der Waals surface area contributed by atoms with Crippen molar-refractivity contribution >= 4 is 24.2 Å².